The van der Waals surface area contributed by atoms with Gasteiger partial charge < -0.3 is 20.2 Å². The smallest absolute Gasteiger partial charge is 0.270 e. The first-order valence-electron chi connectivity index (χ1n) is 25.8. The molecule has 0 bridgehead atoms. The molecule has 97 heavy (non-hydrogen) atoms. The topological polar surface area (TPSA) is 146 Å². The molecule has 34 atom stereocenters. The van der Waals surface area contributed by atoms with Crippen LogP contribution in [0.5, 0.6) is 0 Å². The van der Waals surface area contributed by atoms with E-state index in [9.17, 15) is 12.8 Å². The van der Waals surface area contributed by atoms with Crippen LogP contribution in [0.15, 0.2) is 64.0 Å². The Balaban J connectivity index is 0.000000441. The van der Waals surface area contributed by atoms with Crippen molar-refractivity contribution < 1.29 is 22.0 Å². The maximum atomic E-state index is 12.7. The Labute approximate surface area is 680 Å². The number of hydrogen-bond donors (Lipinski definition) is 2. The van der Waals surface area contributed by atoms with E-state index in [4.69, 9.17) is 14.9 Å². The highest BCUT2D eigenvalue weighted by atomic mass is 33.6. The van der Waals surface area contributed by atoms with Crippen molar-refractivity contribution in [3.8, 4) is 34.3 Å². The molecule has 1 fully saturated rings. The summed E-state index contributed by atoms with van der Waals surface area (Å²) < 4.78 is 49.2. The highest BCUT2D eigenvalue weighted by molar-refractivity contribution is 9.54. The molecule has 4 aromatic rings. The molecule has 0 spiro atoms. The van der Waals surface area contributed by atoms with Gasteiger partial charge in [-0.15, -0.1) is 278 Å². The number of sulfone groups is 1. The summed E-state index contributed by atoms with van der Waals surface area (Å²) >= 11 is 0. The summed E-state index contributed by atoms with van der Waals surface area (Å²) in [5.74, 6) is 0.547. The molecule has 0 amide bonds. The van der Waals surface area contributed by atoms with Gasteiger partial charge in [-0.25, -0.2) is 18.4 Å². The van der Waals surface area contributed by atoms with Crippen LogP contribution in [0.1, 0.15) is 25.3 Å². The molecular formula is C27H89FN6O4P58S. The molecule has 5 rings (SSSR count). The van der Waals surface area contributed by atoms with Gasteiger partial charge in [-0.2, -0.15) is 0 Å². The number of anilines is 1. The monoisotopic (exact) mass is 2410 g/mol. The van der Waals surface area contributed by atoms with E-state index >= 15 is 0 Å². The summed E-state index contributed by atoms with van der Waals surface area (Å²) in [6.45, 7) is -3.03. The number of rotatable bonds is 37. The SMILES string of the molecule is CC(CCF)S(=O)(=O)c1ccc(-c2cnc(N)c(-c3nnc(-c4ccc(CN[C@@H]5CCOC5)cc4)o3)n2)cc1.PP(P)P(P(P)P)P(P(P)P)P(P(P(P(P)P)P(P)P)P(P(P)P)P(P)P)P(P(P(P(P)P)P(P)P)P(P(P)P)P(P)P)P(P(P(P)P)P(P)P)P(P(P)P)P(P)P. The molecular weight excluding hydrogens is 2320 g/mol. The third-order valence-electron chi connectivity index (χ3n) is 11.7. The molecule has 0 saturated carbocycles. The molecule has 3 heterocycles. The normalized spacial score (nSPS) is 15.9. The summed E-state index contributed by atoms with van der Waals surface area (Å²) in [4.78, 5) is 8.88. The van der Waals surface area contributed by atoms with E-state index in [-0.39, 0.29) is 224 Å². The fraction of sp³-hybridized carbons (Fsp3) is 0.333. The van der Waals surface area contributed by atoms with Gasteiger partial charge in [0.2, 0.25) is 5.89 Å². The largest absolute Gasteiger partial charge is 0.414 e. The lowest BCUT2D eigenvalue weighted by Crippen LogP contribution is -2.28. The van der Waals surface area contributed by atoms with Crippen molar-refractivity contribution in [1.82, 2.24) is 25.5 Å². The molecule has 0 radical (unpaired) electrons. The van der Waals surface area contributed by atoms with Gasteiger partial charge in [0.1, 0.15) is 0 Å². The van der Waals surface area contributed by atoms with Crippen LogP contribution in [-0.4, -0.2) is 59.8 Å². The van der Waals surface area contributed by atoms with Crippen LogP contribution >= 0.6 is 464 Å². The van der Waals surface area contributed by atoms with Crippen LogP contribution in [0.3, 0.4) is 0 Å². The Hall–Kier alpha value is 21.2. The lowest BCUT2D eigenvalue weighted by atomic mass is 10.1. The van der Waals surface area contributed by atoms with Gasteiger partial charge in [0.05, 0.1) is 35.3 Å². The van der Waals surface area contributed by atoms with Crippen molar-refractivity contribution >= 4 is 479 Å². The zero-order chi connectivity index (χ0) is 73.6. The number of nitrogens with zero attached hydrogens (tertiary/aromatic N) is 4. The highest BCUT2D eigenvalue weighted by Gasteiger charge is 2.61. The lowest BCUT2D eigenvalue weighted by Gasteiger charge is -2.60. The van der Waals surface area contributed by atoms with Gasteiger partial charge in [-0.1, -0.05) is 24.3 Å². The Morgan fingerprint density at radius 2 is 0.814 bits per heavy atom. The Bertz CT molecular complexity index is 2890. The van der Waals surface area contributed by atoms with E-state index in [0.717, 1.165) is 37.3 Å². The zero-order valence-corrected chi connectivity index (χ0v) is 112. The second-order valence-electron chi connectivity index (χ2n) is 18.6. The lowest BCUT2D eigenvalue weighted by molar-refractivity contribution is 0.190. The first-order valence-corrected chi connectivity index (χ1v) is 132. The summed E-state index contributed by atoms with van der Waals surface area (Å²) in [5, 5.41) is 10.9. The Morgan fingerprint density at radius 3 is 1.15 bits per heavy atom. The quantitative estimate of drug-likeness (QED) is 0.0418. The van der Waals surface area contributed by atoms with Gasteiger partial charge in [-0.3, -0.25) is 4.39 Å². The van der Waals surface area contributed by atoms with Gasteiger partial charge in [0.15, 0.2) is 21.3 Å². The predicted molar refractivity (Wildman–Crippen MR) is 629 cm³/mol. The van der Waals surface area contributed by atoms with Crippen LogP contribution in [0.25, 0.3) is 34.3 Å². The van der Waals surface area contributed by atoms with Crippen molar-refractivity contribution in [3.05, 3.63) is 60.3 Å². The molecule has 33 unspecified atom stereocenters. The number of hydrogen-bond acceptors (Lipinski definition) is 10. The van der Waals surface area contributed by atoms with Crippen molar-refractivity contribution in [2.24, 2.45) is 0 Å². The molecule has 70 heteroatoms. The molecule has 2 aromatic heterocycles. The number of nitrogens with one attached hydrogen (secondary N) is 1. The number of benzene rings is 2. The first-order chi connectivity index (χ1) is 45.2. The maximum absolute atomic E-state index is 12.7. The molecule has 1 saturated heterocycles. The molecule has 3 N–H and O–H groups in total. The minimum Gasteiger partial charge on any atom is -0.414 e. The number of ether oxygens (including phenoxy) is 1. The Morgan fingerprint density at radius 1 is 0.485 bits per heavy atom. The van der Waals surface area contributed by atoms with Gasteiger partial charge in [-0.05, 0) is 245 Å². The highest BCUT2D eigenvalue weighted by Crippen LogP contribution is 3.48. The maximum Gasteiger partial charge on any atom is 0.270 e. The van der Waals surface area contributed by atoms with Crippen molar-refractivity contribution in [1.29, 1.82) is 0 Å². The molecule has 1 aliphatic rings. The van der Waals surface area contributed by atoms with Gasteiger partial charge in [0, 0.05) is 30.3 Å². The van der Waals surface area contributed by atoms with Crippen LogP contribution in [-0.2, 0) is 21.1 Å². The summed E-state index contributed by atoms with van der Waals surface area (Å²) in [6, 6.07) is 14.4. The predicted octanol–water partition coefficient (Wildman–Crippen LogP) is 37.7. The second kappa shape index (κ2) is 57.3. The van der Waals surface area contributed by atoms with Crippen molar-refractivity contribution in [2.75, 3.05) is 25.6 Å². The standard InChI is InChI=1S/C27H29FN6O4S.H60P58/c1-17(10-12-28)39(35,36)22-8-6-19(7-9-22)23-15-31-25(29)24(32-23)27-34-33-26(38-27)20-4-2-18(3-5-20)14-30-21-11-13-37-16-21;1-31(2)46(32(3)4)53(45(29)30)57(54(47(33(5)6)34(7)8)48(35(9)10)36(11)12)58(55(49(37(13)14)38(15)16)50(39(17)18)40(19)20)56(51(41(21)22)42(23)24)52(43(25)26)44(27)28/h2-9,15,17,21,30H,10-14,16H2,1H3,(H2,29,31);1-30H2/t17?,21-;/m1./s1. The molecule has 1 aliphatic heterocycles. The molecule has 0 aliphatic carbocycles. The third kappa shape index (κ3) is 35.2. The average Bonchev–Trinajstić information content (AvgIpc) is 1.50. The number of nitrogen functional groups attached to an aromatic ring is 1. The average molecular weight is 2410 g/mol. The number of alkyl halides is 1. The summed E-state index contributed by atoms with van der Waals surface area (Å²) in [6.07, 6.45) is 2.45. The van der Waals surface area contributed by atoms with E-state index in [0.29, 0.717) is 23.2 Å². The second-order valence-corrected chi connectivity index (χ2v) is 260. The zero-order valence-electron chi connectivity index (χ0n) is 51.2. The fourth-order valence-corrected chi connectivity index (χ4v) is 846. The number of aromatic nitrogens is 4. The number of halogens is 1. The molecule has 554 valence electrons. The number of nitrogens with two attached hydrogens (primary N) is 1. The first kappa shape index (κ1) is 111. The van der Waals surface area contributed by atoms with Crippen LogP contribution in [0, 0.1) is 0 Å². The van der Waals surface area contributed by atoms with Gasteiger partial charge in [0.25, 0.3) is 5.89 Å². The van der Waals surface area contributed by atoms with E-state index < -0.39 is 21.8 Å². The third-order valence-corrected chi connectivity index (χ3v) is 415. The minimum atomic E-state index is -3.63. The van der Waals surface area contributed by atoms with Gasteiger partial charge >= 0.3 is 0 Å². The molecule has 2 aromatic carbocycles. The van der Waals surface area contributed by atoms with Crippen molar-refractivity contribution in [2.45, 2.75) is 42.5 Å². The molecule has 10 nitrogen and oxygen atoms in total. The van der Waals surface area contributed by atoms with Crippen LogP contribution < -0.4 is 11.1 Å². The van der Waals surface area contributed by atoms with Crippen LogP contribution in [0.2, 0.25) is 0 Å². The van der Waals surface area contributed by atoms with E-state index in [1.165, 1.54) is 25.3 Å². The summed E-state index contributed by atoms with van der Waals surface area (Å²) in [7, 11) is 103. The van der Waals surface area contributed by atoms with E-state index in [1.807, 2.05) is 24.3 Å². The Kier molecular flexibility index (Phi) is 65.3. The van der Waals surface area contributed by atoms with Crippen LogP contribution in [0.4, 0.5) is 10.2 Å². The van der Waals surface area contributed by atoms with Crippen molar-refractivity contribution in [3.63, 3.8) is 0 Å². The summed E-state index contributed by atoms with van der Waals surface area (Å²) in [5.41, 5.74) is 9.24. The fourth-order valence-electron chi connectivity index (χ4n) is 7.67. The van der Waals surface area contributed by atoms with E-state index in [2.05, 4.69) is 293 Å². The van der Waals surface area contributed by atoms with E-state index in [1.54, 1.807) is 12.1 Å². The minimum absolute atomic E-state index is 0.0549.